The van der Waals surface area contributed by atoms with Crippen molar-refractivity contribution in [2.45, 2.75) is 51.6 Å². The SMILES string of the molecule is CCC(C)[Si](F)(NN(C)C)C(C)CC. The minimum absolute atomic E-state index is 0.167. The second-order valence-corrected chi connectivity index (χ2v) is 8.12. The highest BCUT2D eigenvalue weighted by Crippen LogP contribution is 2.35. The highest BCUT2D eigenvalue weighted by Gasteiger charge is 2.45. The number of hydrogen-bond acceptors (Lipinski definition) is 2. The molecule has 0 fully saturated rings. The third-order valence-corrected chi connectivity index (χ3v) is 7.53. The molecule has 2 atom stereocenters. The topological polar surface area (TPSA) is 15.3 Å². The van der Waals surface area contributed by atoms with Crippen molar-refractivity contribution in [3.63, 3.8) is 0 Å². The fourth-order valence-electron chi connectivity index (χ4n) is 1.64. The Hall–Kier alpha value is 0.0669. The van der Waals surface area contributed by atoms with Gasteiger partial charge in [-0.3, -0.25) is 9.12 Å². The van der Waals surface area contributed by atoms with Crippen molar-refractivity contribution >= 4 is 8.57 Å². The summed E-state index contributed by atoms with van der Waals surface area (Å²) in [6.07, 6.45) is 1.82. The monoisotopic (exact) mass is 220 g/mol. The van der Waals surface area contributed by atoms with Crippen molar-refractivity contribution in [2.75, 3.05) is 14.1 Å². The second-order valence-electron chi connectivity index (χ2n) is 4.39. The molecular weight excluding hydrogens is 195 g/mol. The Labute approximate surface area is 89.1 Å². The van der Waals surface area contributed by atoms with Gasteiger partial charge < -0.3 is 0 Å². The van der Waals surface area contributed by atoms with E-state index in [1.165, 1.54) is 0 Å². The van der Waals surface area contributed by atoms with Crippen molar-refractivity contribution in [2.24, 2.45) is 0 Å². The normalized spacial score (nSPS) is 20.6. The summed E-state index contributed by atoms with van der Waals surface area (Å²) in [5.41, 5.74) is 0.333. The summed E-state index contributed by atoms with van der Waals surface area (Å²) < 4.78 is 14.8. The van der Waals surface area contributed by atoms with E-state index < -0.39 is 8.57 Å². The number of hydrogen-bond donors (Lipinski definition) is 1. The predicted molar refractivity (Wildman–Crippen MR) is 63.1 cm³/mol. The molecule has 0 rings (SSSR count). The lowest BCUT2D eigenvalue weighted by Gasteiger charge is -2.36. The zero-order valence-corrected chi connectivity index (χ0v) is 11.4. The van der Waals surface area contributed by atoms with Gasteiger partial charge in [-0.25, -0.2) is 5.09 Å². The summed E-state index contributed by atoms with van der Waals surface area (Å²) in [6.45, 7) is 8.17. The zero-order chi connectivity index (χ0) is 11.4. The van der Waals surface area contributed by atoms with Crippen LogP contribution in [0.1, 0.15) is 40.5 Å². The quantitative estimate of drug-likeness (QED) is 0.420. The van der Waals surface area contributed by atoms with Crippen molar-refractivity contribution in [1.82, 2.24) is 10.1 Å². The van der Waals surface area contributed by atoms with Crippen LogP contribution in [0.3, 0.4) is 0 Å². The highest BCUT2D eigenvalue weighted by atomic mass is 28.4. The molecular formula is C10H25FN2Si. The summed E-state index contributed by atoms with van der Waals surface area (Å²) >= 11 is 0. The largest absolute Gasteiger partial charge is 0.338 e. The first-order valence-electron chi connectivity index (χ1n) is 5.52. The van der Waals surface area contributed by atoms with Crippen LogP contribution < -0.4 is 5.09 Å². The first-order chi connectivity index (χ1) is 6.38. The van der Waals surface area contributed by atoms with E-state index >= 15 is 0 Å². The second kappa shape index (κ2) is 5.83. The van der Waals surface area contributed by atoms with Gasteiger partial charge in [-0.1, -0.05) is 40.5 Å². The minimum Gasteiger partial charge on any atom is -0.291 e. The molecule has 0 aromatic rings. The van der Waals surface area contributed by atoms with Crippen LogP contribution in [0.25, 0.3) is 0 Å². The van der Waals surface area contributed by atoms with Crippen LogP contribution in [0.4, 0.5) is 4.11 Å². The molecule has 2 nitrogen and oxygen atoms in total. The van der Waals surface area contributed by atoms with Gasteiger partial charge in [0.1, 0.15) is 0 Å². The van der Waals surface area contributed by atoms with E-state index in [1.54, 1.807) is 5.01 Å². The predicted octanol–water partition coefficient (Wildman–Crippen LogP) is 3.06. The summed E-state index contributed by atoms with van der Waals surface area (Å²) in [7, 11) is 0.891. The fraction of sp³-hybridized carbons (Fsp3) is 1.00. The maximum absolute atomic E-state index is 14.8. The van der Waals surface area contributed by atoms with Crippen molar-refractivity contribution in [1.29, 1.82) is 0 Å². The first-order valence-corrected chi connectivity index (χ1v) is 7.55. The Morgan fingerprint density at radius 3 is 1.71 bits per heavy atom. The van der Waals surface area contributed by atoms with Crippen molar-refractivity contribution in [3.8, 4) is 0 Å². The third kappa shape index (κ3) is 3.33. The number of rotatable bonds is 6. The molecule has 0 aromatic heterocycles. The standard InChI is InChI=1S/C10H25FN2Si/c1-7-9(3)14(11,10(4)8-2)12-13(5)6/h9-10,12H,7-8H2,1-6H3. The molecule has 0 aliphatic carbocycles. The van der Waals surface area contributed by atoms with Gasteiger partial charge in [-0.15, -0.1) is 0 Å². The maximum Gasteiger partial charge on any atom is 0.338 e. The summed E-state index contributed by atoms with van der Waals surface area (Å²) in [6, 6.07) is 0. The van der Waals surface area contributed by atoms with Gasteiger partial charge in [0.25, 0.3) is 0 Å². The maximum atomic E-state index is 14.8. The van der Waals surface area contributed by atoms with E-state index in [2.05, 4.69) is 18.9 Å². The van der Waals surface area contributed by atoms with Crippen molar-refractivity contribution in [3.05, 3.63) is 0 Å². The van der Waals surface area contributed by atoms with Gasteiger partial charge in [0.05, 0.1) is 0 Å². The Bertz CT molecular complexity index is 154. The molecule has 0 aliphatic rings. The van der Waals surface area contributed by atoms with Gasteiger partial charge in [0, 0.05) is 14.1 Å². The lowest BCUT2D eigenvalue weighted by molar-refractivity contribution is 0.331. The Morgan fingerprint density at radius 1 is 1.14 bits per heavy atom. The van der Waals surface area contributed by atoms with E-state index in [1.807, 2.05) is 27.9 Å². The lowest BCUT2D eigenvalue weighted by atomic mass is 10.4. The third-order valence-electron chi connectivity index (χ3n) is 3.05. The average molecular weight is 220 g/mol. The molecule has 14 heavy (non-hydrogen) atoms. The molecule has 1 N–H and O–H groups in total. The van der Waals surface area contributed by atoms with E-state index in [0.29, 0.717) is 0 Å². The molecule has 0 amide bonds. The Kier molecular flexibility index (Phi) is 5.86. The average Bonchev–Trinajstić information content (AvgIpc) is 2.13. The number of halogens is 1. The molecule has 0 aromatic carbocycles. The molecule has 0 saturated heterocycles. The summed E-state index contributed by atoms with van der Waals surface area (Å²) in [4.78, 5) is 0. The molecule has 86 valence electrons. The van der Waals surface area contributed by atoms with Crippen LogP contribution in [0.5, 0.6) is 0 Å². The Balaban J connectivity index is 4.65. The Morgan fingerprint density at radius 2 is 1.50 bits per heavy atom. The molecule has 0 heterocycles. The van der Waals surface area contributed by atoms with Crippen LogP contribution in [-0.4, -0.2) is 27.7 Å². The number of hydrazine groups is 1. The zero-order valence-electron chi connectivity index (χ0n) is 10.4. The smallest absolute Gasteiger partial charge is 0.291 e. The summed E-state index contributed by atoms with van der Waals surface area (Å²) in [5, 5.41) is 4.83. The van der Waals surface area contributed by atoms with Crippen molar-refractivity contribution < 1.29 is 4.11 Å². The van der Waals surface area contributed by atoms with E-state index in [4.69, 9.17) is 0 Å². The molecule has 4 heteroatoms. The van der Waals surface area contributed by atoms with Gasteiger partial charge in [-0.2, -0.15) is 0 Å². The van der Waals surface area contributed by atoms with E-state index in [-0.39, 0.29) is 11.1 Å². The fourth-order valence-corrected chi connectivity index (χ4v) is 4.93. The molecule has 0 bridgehead atoms. The summed E-state index contributed by atoms with van der Waals surface area (Å²) in [5.74, 6) is 0. The molecule has 0 spiro atoms. The minimum atomic E-state index is -2.84. The van der Waals surface area contributed by atoms with Gasteiger partial charge in [0.2, 0.25) is 0 Å². The van der Waals surface area contributed by atoms with Crippen LogP contribution in [0.2, 0.25) is 11.1 Å². The lowest BCUT2D eigenvalue weighted by Crippen LogP contribution is -2.58. The molecule has 2 unspecified atom stereocenters. The molecule has 0 radical (unpaired) electrons. The van der Waals surface area contributed by atoms with Gasteiger partial charge >= 0.3 is 8.57 Å². The van der Waals surface area contributed by atoms with E-state index in [9.17, 15) is 4.11 Å². The van der Waals surface area contributed by atoms with E-state index in [0.717, 1.165) is 12.8 Å². The molecule has 0 aliphatic heterocycles. The highest BCUT2D eigenvalue weighted by molar-refractivity contribution is 6.73. The number of nitrogens with one attached hydrogen (secondary N) is 1. The van der Waals surface area contributed by atoms with Gasteiger partial charge in [0.15, 0.2) is 0 Å². The van der Waals surface area contributed by atoms with Crippen LogP contribution >= 0.6 is 0 Å². The molecule has 0 saturated carbocycles. The van der Waals surface area contributed by atoms with Crippen LogP contribution in [0.15, 0.2) is 0 Å². The van der Waals surface area contributed by atoms with Crippen LogP contribution in [0, 0.1) is 0 Å². The number of nitrogens with zero attached hydrogens (tertiary/aromatic N) is 1. The van der Waals surface area contributed by atoms with Gasteiger partial charge in [-0.05, 0) is 11.1 Å². The first kappa shape index (κ1) is 14.1. The van der Waals surface area contributed by atoms with Crippen LogP contribution in [-0.2, 0) is 0 Å².